The lowest BCUT2D eigenvalue weighted by atomic mass is 10.1. The number of halogens is 2. The van der Waals surface area contributed by atoms with Gasteiger partial charge in [-0.2, -0.15) is 0 Å². The molecule has 162 valence electrons. The Labute approximate surface area is 187 Å². The summed E-state index contributed by atoms with van der Waals surface area (Å²) in [5, 5.41) is 3.81. The van der Waals surface area contributed by atoms with Crippen molar-refractivity contribution in [3.8, 4) is 11.5 Å². The van der Waals surface area contributed by atoms with Crippen molar-refractivity contribution < 1.29 is 18.6 Å². The van der Waals surface area contributed by atoms with E-state index in [1.165, 1.54) is 6.33 Å². The van der Waals surface area contributed by atoms with Gasteiger partial charge in [-0.3, -0.25) is 4.90 Å². The largest absolute Gasteiger partial charge is 0.486 e. The molecule has 0 bridgehead atoms. The van der Waals surface area contributed by atoms with Crippen molar-refractivity contribution in [2.45, 2.75) is 12.5 Å². The zero-order valence-electron chi connectivity index (χ0n) is 16.8. The lowest BCUT2D eigenvalue weighted by Crippen LogP contribution is -2.40. The minimum Gasteiger partial charge on any atom is -0.486 e. The van der Waals surface area contributed by atoms with E-state index >= 15 is 0 Å². The number of nitrogens with zero attached hydrogens (tertiary/aromatic N) is 3. The Kier molecular flexibility index (Phi) is 5.89. The second kappa shape index (κ2) is 8.94. The molecule has 0 spiro atoms. The standard InChI is InChI=1S/C22H22BrFN4O3/c23-16-2-1-3-17(21(16)24)27-22-15-10-20-19(11-18(15)25-13-26-22)30-12-14(31-20)4-5-28-6-8-29-9-7-28/h1-3,10-11,13-14H,4-9,12H2,(H,25,26,27). The predicted octanol–water partition coefficient (Wildman–Crippen LogP) is 4.14. The summed E-state index contributed by atoms with van der Waals surface area (Å²) in [6.07, 6.45) is 2.29. The van der Waals surface area contributed by atoms with Crippen molar-refractivity contribution in [1.29, 1.82) is 0 Å². The van der Waals surface area contributed by atoms with Gasteiger partial charge in [0.15, 0.2) is 17.3 Å². The van der Waals surface area contributed by atoms with E-state index in [9.17, 15) is 4.39 Å². The highest BCUT2D eigenvalue weighted by Crippen LogP contribution is 2.38. The molecule has 0 radical (unpaired) electrons. The van der Waals surface area contributed by atoms with E-state index < -0.39 is 0 Å². The Bertz CT molecular complexity index is 1090. The van der Waals surface area contributed by atoms with Crippen LogP contribution in [0.25, 0.3) is 10.9 Å². The van der Waals surface area contributed by atoms with Gasteiger partial charge in [0.1, 0.15) is 24.9 Å². The molecule has 1 fully saturated rings. The molecule has 0 amide bonds. The maximum Gasteiger partial charge on any atom is 0.163 e. The number of anilines is 2. The number of ether oxygens (including phenoxy) is 3. The fourth-order valence-corrected chi connectivity index (χ4v) is 4.15. The predicted molar refractivity (Wildman–Crippen MR) is 119 cm³/mol. The summed E-state index contributed by atoms with van der Waals surface area (Å²) in [7, 11) is 0. The molecule has 0 saturated carbocycles. The summed E-state index contributed by atoms with van der Waals surface area (Å²) in [5.41, 5.74) is 1.02. The number of fused-ring (bicyclic) bond motifs is 2. The lowest BCUT2D eigenvalue weighted by molar-refractivity contribution is 0.0242. The molecule has 2 aliphatic heterocycles. The third-order valence-corrected chi connectivity index (χ3v) is 6.11. The Morgan fingerprint density at radius 2 is 2.03 bits per heavy atom. The molecule has 1 saturated heterocycles. The van der Waals surface area contributed by atoms with Gasteiger partial charge in [-0.1, -0.05) is 6.07 Å². The van der Waals surface area contributed by atoms with Crippen LogP contribution in [0, 0.1) is 5.82 Å². The number of nitrogens with one attached hydrogen (secondary N) is 1. The quantitative estimate of drug-likeness (QED) is 0.578. The van der Waals surface area contributed by atoms with Crippen LogP contribution in [0.1, 0.15) is 6.42 Å². The van der Waals surface area contributed by atoms with E-state index in [1.54, 1.807) is 18.2 Å². The highest BCUT2D eigenvalue weighted by molar-refractivity contribution is 9.10. The van der Waals surface area contributed by atoms with Crippen molar-refractivity contribution in [2.24, 2.45) is 0 Å². The van der Waals surface area contributed by atoms with Gasteiger partial charge in [0.05, 0.1) is 28.9 Å². The fourth-order valence-electron chi connectivity index (χ4n) is 3.79. The molecule has 9 heteroatoms. The first-order valence-corrected chi connectivity index (χ1v) is 11.1. The first-order valence-electron chi connectivity index (χ1n) is 10.3. The van der Waals surface area contributed by atoms with Gasteiger partial charge in [-0.15, -0.1) is 0 Å². The minimum absolute atomic E-state index is 0.0312. The maximum absolute atomic E-state index is 14.4. The Morgan fingerprint density at radius 3 is 2.90 bits per heavy atom. The topological polar surface area (TPSA) is 68.7 Å². The van der Waals surface area contributed by atoms with Crippen molar-refractivity contribution in [3.05, 3.63) is 46.9 Å². The molecule has 3 aromatic rings. The van der Waals surface area contributed by atoms with Crippen LogP contribution in [-0.4, -0.2) is 60.4 Å². The van der Waals surface area contributed by atoms with Crippen molar-refractivity contribution in [3.63, 3.8) is 0 Å². The van der Waals surface area contributed by atoms with E-state index in [0.717, 1.165) is 44.7 Å². The number of morpholine rings is 1. The number of rotatable bonds is 5. The number of aromatic nitrogens is 2. The summed E-state index contributed by atoms with van der Waals surface area (Å²) in [5.74, 6) is 1.44. The van der Waals surface area contributed by atoms with Crippen LogP contribution in [0.2, 0.25) is 0 Å². The van der Waals surface area contributed by atoms with E-state index in [0.29, 0.717) is 39.6 Å². The molecule has 31 heavy (non-hydrogen) atoms. The van der Waals surface area contributed by atoms with Crippen LogP contribution in [0.4, 0.5) is 15.9 Å². The van der Waals surface area contributed by atoms with E-state index in [1.807, 2.05) is 12.1 Å². The van der Waals surface area contributed by atoms with Crippen LogP contribution in [0.5, 0.6) is 11.5 Å². The van der Waals surface area contributed by atoms with Crippen LogP contribution in [0.3, 0.4) is 0 Å². The second-order valence-electron chi connectivity index (χ2n) is 7.56. The highest BCUT2D eigenvalue weighted by atomic mass is 79.9. The Hall–Kier alpha value is -2.49. The second-order valence-corrected chi connectivity index (χ2v) is 8.41. The van der Waals surface area contributed by atoms with E-state index in [4.69, 9.17) is 14.2 Å². The summed E-state index contributed by atoms with van der Waals surface area (Å²) < 4.78 is 32.4. The summed E-state index contributed by atoms with van der Waals surface area (Å²) in [6.45, 7) is 4.91. The number of hydrogen-bond acceptors (Lipinski definition) is 7. The summed E-state index contributed by atoms with van der Waals surface area (Å²) in [4.78, 5) is 11.0. The van der Waals surface area contributed by atoms with Gasteiger partial charge in [0.25, 0.3) is 0 Å². The first-order chi connectivity index (χ1) is 15.2. The van der Waals surface area contributed by atoms with Gasteiger partial charge >= 0.3 is 0 Å². The molecule has 2 aromatic carbocycles. The van der Waals surface area contributed by atoms with Gasteiger partial charge in [0, 0.05) is 37.5 Å². The molecule has 3 heterocycles. The molecule has 5 rings (SSSR count). The van der Waals surface area contributed by atoms with Crippen LogP contribution in [0.15, 0.2) is 41.1 Å². The zero-order valence-corrected chi connectivity index (χ0v) is 18.4. The normalized spacial score (nSPS) is 18.8. The lowest BCUT2D eigenvalue weighted by Gasteiger charge is -2.31. The molecule has 1 atom stereocenters. The van der Waals surface area contributed by atoms with Crippen LogP contribution >= 0.6 is 15.9 Å². The highest BCUT2D eigenvalue weighted by Gasteiger charge is 2.24. The Morgan fingerprint density at radius 1 is 1.16 bits per heavy atom. The zero-order chi connectivity index (χ0) is 21.2. The summed E-state index contributed by atoms with van der Waals surface area (Å²) >= 11 is 3.21. The van der Waals surface area contributed by atoms with Crippen molar-refractivity contribution in [2.75, 3.05) is 44.8 Å². The Balaban J connectivity index is 1.37. The van der Waals surface area contributed by atoms with Gasteiger partial charge in [-0.25, -0.2) is 14.4 Å². The van der Waals surface area contributed by atoms with Crippen molar-refractivity contribution >= 4 is 38.3 Å². The number of benzene rings is 2. The summed E-state index contributed by atoms with van der Waals surface area (Å²) in [6, 6.07) is 8.78. The molecular weight excluding hydrogens is 467 g/mol. The van der Waals surface area contributed by atoms with E-state index in [2.05, 4.69) is 36.1 Å². The average Bonchev–Trinajstić information content (AvgIpc) is 2.80. The third kappa shape index (κ3) is 4.44. The van der Waals surface area contributed by atoms with Crippen molar-refractivity contribution in [1.82, 2.24) is 14.9 Å². The smallest absolute Gasteiger partial charge is 0.163 e. The molecule has 1 aromatic heterocycles. The molecule has 1 N–H and O–H groups in total. The average molecular weight is 489 g/mol. The third-order valence-electron chi connectivity index (χ3n) is 5.49. The first kappa shape index (κ1) is 20.4. The van der Waals surface area contributed by atoms with Gasteiger partial charge in [0.2, 0.25) is 0 Å². The number of hydrogen-bond donors (Lipinski definition) is 1. The molecule has 2 aliphatic rings. The van der Waals surface area contributed by atoms with Crippen LogP contribution in [-0.2, 0) is 4.74 Å². The van der Waals surface area contributed by atoms with Gasteiger partial charge < -0.3 is 19.5 Å². The molecule has 7 nitrogen and oxygen atoms in total. The minimum atomic E-state index is -0.380. The van der Waals surface area contributed by atoms with Crippen LogP contribution < -0.4 is 14.8 Å². The maximum atomic E-state index is 14.4. The SMILES string of the molecule is Fc1c(Br)cccc1Nc1ncnc2cc3c(cc12)OC(CCN1CCOCC1)CO3. The van der Waals surface area contributed by atoms with E-state index in [-0.39, 0.29) is 11.9 Å². The molecule has 1 unspecified atom stereocenters. The van der Waals surface area contributed by atoms with Gasteiger partial charge in [-0.05, 0) is 34.1 Å². The molecule has 0 aliphatic carbocycles. The monoisotopic (exact) mass is 488 g/mol. The fraction of sp³-hybridized carbons (Fsp3) is 0.364. The molecular formula is C22H22BrFN4O3.